The molecule has 16 nitrogen and oxygen atoms in total. The van der Waals surface area contributed by atoms with Crippen LogP contribution in [0, 0.1) is 11.8 Å². The standard InChI is InChI=1S/C50H50O16/c1-29(2)59-49(57)61-39-27-13-11-21-33(39)41(51)35-23-15-25-37(43(35)63-45(53)31-17-7-5-8-18-31)47(55)65-66-48(56)38-26-16-24-36(44(38)64-46(54)32-19-9-6-10-20-32)42(52)34-22-12-14-28-40(34)62-50(58)60-30(3)4/h11-16,21-32H,5-10,17-20H2,1-4H3. The first-order valence-electron chi connectivity index (χ1n) is 21.9. The SMILES string of the molecule is CC(C)OC(=O)Oc1ccccc1C(=O)c1cccc(C(=O)OOC(=O)c2cccc(C(=O)c3ccccc3OC(=O)OC(C)C)c2OC(=O)C2CCCCC2)c1OC(=O)C1CCCCC1. The van der Waals surface area contributed by atoms with Gasteiger partial charge in [0.1, 0.15) is 22.6 Å². The van der Waals surface area contributed by atoms with Crippen molar-refractivity contribution in [2.45, 2.75) is 104 Å². The van der Waals surface area contributed by atoms with Crippen LogP contribution in [0.25, 0.3) is 0 Å². The highest BCUT2D eigenvalue weighted by atomic mass is 17.2. The normalized spacial score (nSPS) is 14.1. The monoisotopic (exact) mass is 906 g/mol. The molecule has 0 aromatic heterocycles. The van der Waals surface area contributed by atoms with Crippen LogP contribution in [0.4, 0.5) is 9.59 Å². The van der Waals surface area contributed by atoms with Crippen molar-refractivity contribution < 1.29 is 76.6 Å². The number of ketones is 2. The molecule has 0 bridgehead atoms. The summed E-state index contributed by atoms with van der Waals surface area (Å²) in [6.07, 6.45) is 3.77. The molecule has 66 heavy (non-hydrogen) atoms. The Morgan fingerprint density at radius 3 is 1.11 bits per heavy atom. The van der Waals surface area contributed by atoms with Gasteiger partial charge in [0.2, 0.25) is 11.6 Å². The summed E-state index contributed by atoms with van der Waals surface area (Å²) in [5, 5.41) is 0. The summed E-state index contributed by atoms with van der Waals surface area (Å²) in [7, 11) is 0. The minimum absolute atomic E-state index is 0.139. The van der Waals surface area contributed by atoms with Crippen LogP contribution in [-0.4, -0.2) is 60.0 Å². The number of para-hydroxylation sites is 4. The molecule has 2 saturated carbocycles. The lowest BCUT2D eigenvalue weighted by Gasteiger charge is -2.21. The topological polar surface area (TPSA) is 210 Å². The fourth-order valence-electron chi connectivity index (χ4n) is 7.57. The van der Waals surface area contributed by atoms with Crippen LogP contribution >= 0.6 is 0 Å². The van der Waals surface area contributed by atoms with E-state index in [-0.39, 0.29) is 33.8 Å². The zero-order valence-corrected chi connectivity index (χ0v) is 37.0. The molecule has 2 fully saturated rings. The first-order chi connectivity index (χ1) is 31.7. The van der Waals surface area contributed by atoms with Gasteiger partial charge in [-0.3, -0.25) is 19.2 Å². The first-order valence-corrected chi connectivity index (χ1v) is 21.9. The maximum Gasteiger partial charge on any atom is 0.514 e. The average Bonchev–Trinajstić information content (AvgIpc) is 3.30. The van der Waals surface area contributed by atoms with Gasteiger partial charge < -0.3 is 28.4 Å². The van der Waals surface area contributed by atoms with Gasteiger partial charge in [0, 0.05) is 0 Å². The van der Waals surface area contributed by atoms with Gasteiger partial charge in [-0.05, 0) is 102 Å². The second-order valence-corrected chi connectivity index (χ2v) is 16.3. The maximum absolute atomic E-state index is 14.3. The van der Waals surface area contributed by atoms with Crippen molar-refractivity contribution in [3.8, 4) is 23.0 Å². The third-order valence-corrected chi connectivity index (χ3v) is 10.7. The van der Waals surface area contributed by atoms with E-state index in [0.717, 1.165) is 38.5 Å². The van der Waals surface area contributed by atoms with Crippen molar-refractivity contribution in [2.24, 2.45) is 11.8 Å². The summed E-state index contributed by atoms with van der Waals surface area (Å²) in [5.41, 5.74) is -1.85. The molecule has 0 saturated heterocycles. The van der Waals surface area contributed by atoms with Gasteiger partial charge in [0.05, 0.1) is 46.3 Å². The van der Waals surface area contributed by atoms with E-state index in [1.54, 1.807) is 27.7 Å². The molecule has 0 radical (unpaired) electrons. The predicted molar refractivity (Wildman–Crippen MR) is 232 cm³/mol. The highest BCUT2D eigenvalue weighted by Crippen LogP contribution is 2.35. The number of esters is 2. The van der Waals surface area contributed by atoms with Crippen molar-refractivity contribution in [3.05, 3.63) is 118 Å². The van der Waals surface area contributed by atoms with Crippen LogP contribution in [0.2, 0.25) is 0 Å². The maximum atomic E-state index is 14.3. The quantitative estimate of drug-likeness (QED) is 0.0288. The van der Waals surface area contributed by atoms with Gasteiger partial charge in [-0.2, -0.15) is 0 Å². The number of carbonyl (C=O) groups excluding carboxylic acids is 8. The Morgan fingerprint density at radius 1 is 0.409 bits per heavy atom. The lowest BCUT2D eigenvalue weighted by molar-refractivity contribution is -0.187. The molecule has 0 heterocycles. The zero-order valence-electron chi connectivity index (χ0n) is 37.0. The lowest BCUT2D eigenvalue weighted by Crippen LogP contribution is -2.25. The number of hydrogen-bond acceptors (Lipinski definition) is 16. The van der Waals surface area contributed by atoms with E-state index in [9.17, 15) is 38.4 Å². The fourth-order valence-corrected chi connectivity index (χ4v) is 7.57. The molecule has 0 N–H and O–H groups in total. The number of hydrogen-bond donors (Lipinski definition) is 0. The van der Waals surface area contributed by atoms with Crippen LogP contribution < -0.4 is 18.9 Å². The largest absolute Gasteiger partial charge is 0.514 e. The van der Waals surface area contributed by atoms with Crippen LogP contribution in [-0.2, 0) is 28.8 Å². The van der Waals surface area contributed by atoms with E-state index in [0.29, 0.717) is 25.7 Å². The zero-order chi connectivity index (χ0) is 47.3. The lowest BCUT2D eigenvalue weighted by atomic mass is 9.89. The molecule has 0 unspecified atom stereocenters. The molecule has 16 heteroatoms. The van der Waals surface area contributed by atoms with Gasteiger partial charge in [0.25, 0.3) is 0 Å². The molecule has 0 atom stereocenters. The Bertz CT molecular complexity index is 2300. The van der Waals surface area contributed by atoms with Crippen molar-refractivity contribution in [1.82, 2.24) is 0 Å². The first kappa shape index (κ1) is 48.1. The van der Waals surface area contributed by atoms with Gasteiger partial charge >= 0.3 is 36.2 Å². The second kappa shape index (κ2) is 22.5. The van der Waals surface area contributed by atoms with E-state index in [2.05, 4.69) is 0 Å². The highest BCUT2D eigenvalue weighted by molar-refractivity contribution is 6.15. The third kappa shape index (κ3) is 12.3. The molecule has 0 amide bonds. The molecule has 4 aromatic carbocycles. The molecular formula is C50H50O16. The number of ether oxygens (including phenoxy) is 6. The van der Waals surface area contributed by atoms with E-state index < -0.39 is 94.4 Å². The van der Waals surface area contributed by atoms with Crippen molar-refractivity contribution >= 4 is 47.8 Å². The Morgan fingerprint density at radius 2 is 0.742 bits per heavy atom. The van der Waals surface area contributed by atoms with Gasteiger partial charge in [-0.25, -0.2) is 29.0 Å². The fraction of sp³-hybridized carbons (Fsp3) is 0.360. The Balaban J connectivity index is 1.32. The van der Waals surface area contributed by atoms with Gasteiger partial charge in [0.15, 0.2) is 11.5 Å². The van der Waals surface area contributed by atoms with E-state index in [1.807, 2.05) is 0 Å². The summed E-state index contributed by atoms with van der Waals surface area (Å²) in [6.45, 7) is 6.46. The Labute approximate surface area is 380 Å². The minimum atomic E-state index is -1.37. The Hall–Kier alpha value is -7.36. The number of rotatable bonds is 14. The van der Waals surface area contributed by atoms with Crippen molar-refractivity contribution in [3.63, 3.8) is 0 Å². The van der Waals surface area contributed by atoms with Gasteiger partial charge in [-0.15, -0.1) is 0 Å². The van der Waals surface area contributed by atoms with Crippen LogP contribution in [0.5, 0.6) is 23.0 Å². The molecular weight excluding hydrogens is 857 g/mol. The summed E-state index contributed by atoms with van der Waals surface area (Å²) >= 11 is 0. The molecule has 0 spiro atoms. The predicted octanol–water partition coefficient (Wildman–Crippen LogP) is 9.90. The van der Waals surface area contributed by atoms with Crippen LogP contribution in [0.1, 0.15) is 144 Å². The summed E-state index contributed by atoms with van der Waals surface area (Å²) in [5.74, 6) is -8.23. The summed E-state index contributed by atoms with van der Waals surface area (Å²) in [6, 6.07) is 19.1. The van der Waals surface area contributed by atoms with Gasteiger partial charge in [-0.1, -0.05) is 74.9 Å². The average molecular weight is 907 g/mol. The summed E-state index contributed by atoms with van der Waals surface area (Å²) in [4.78, 5) is 119. The van der Waals surface area contributed by atoms with Crippen LogP contribution in [0.3, 0.4) is 0 Å². The molecule has 2 aliphatic rings. The minimum Gasteiger partial charge on any atom is -0.431 e. The van der Waals surface area contributed by atoms with Crippen molar-refractivity contribution in [1.29, 1.82) is 0 Å². The molecule has 0 aliphatic heterocycles. The molecule has 4 aromatic rings. The summed E-state index contributed by atoms with van der Waals surface area (Å²) < 4.78 is 32.5. The third-order valence-electron chi connectivity index (χ3n) is 10.7. The number of benzene rings is 4. The van der Waals surface area contributed by atoms with E-state index >= 15 is 0 Å². The number of carbonyl (C=O) groups is 8. The molecule has 2 aliphatic carbocycles. The van der Waals surface area contributed by atoms with E-state index in [4.69, 9.17) is 38.2 Å². The van der Waals surface area contributed by atoms with Crippen molar-refractivity contribution in [2.75, 3.05) is 0 Å². The molecule has 6 rings (SSSR count). The second-order valence-electron chi connectivity index (χ2n) is 16.3. The Kier molecular flexibility index (Phi) is 16.4. The van der Waals surface area contributed by atoms with E-state index in [1.165, 1.54) is 84.9 Å². The van der Waals surface area contributed by atoms with Crippen LogP contribution in [0.15, 0.2) is 84.9 Å². The smallest absolute Gasteiger partial charge is 0.431 e. The molecule has 346 valence electrons. The highest BCUT2D eigenvalue weighted by Gasteiger charge is 2.33.